The van der Waals surface area contributed by atoms with E-state index in [1.807, 2.05) is 36.0 Å². The van der Waals surface area contributed by atoms with Crippen LogP contribution in [-0.2, 0) is 24.1 Å². The molecule has 3 rings (SSSR count). The number of nitrogens with one attached hydrogen (secondary N) is 1. The van der Waals surface area contributed by atoms with Crippen LogP contribution >= 0.6 is 0 Å². The Labute approximate surface area is 134 Å². The number of aliphatic hydroxyl groups is 1. The van der Waals surface area contributed by atoms with Crippen LogP contribution in [0, 0.1) is 0 Å². The maximum atomic E-state index is 12.1. The second-order valence-electron chi connectivity index (χ2n) is 5.46. The van der Waals surface area contributed by atoms with Crippen molar-refractivity contribution >= 4 is 20.9 Å². The van der Waals surface area contributed by atoms with E-state index >= 15 is 0 Å². The van der Waals surface area contributed by atoms with Gasteiger partial charge in [-0.25, -0.2) is 13.1 Å². The first-order valence-corrected chi connectivity index (χ1v) is 8.56. The SMILES string of the molecule is Cn1cc(S(=O)(=O)NC[C@@H](O)c2ccc3c(ccn3C)c2)cn1. The summed E-state index contributed by atoms with van der Waals surface area (Å²) in [5.74, 6) is 0. The lowest BCUT2D eigenvalue weighted by molar-refractivity contribution is 0.182. The Hall–Kier alpha value is -2.16. The Morgan fingerprint density at radius 2 is 2.09 bits per heavy atom. The zero-order valence-corrected chi connectivity index (χ0v) is 13.7. The van der Waals surface area contributed by atoms with Crippen molar-refractivity contribution in [2.24, 2.45) is 14.1 Å². The highest BCUT2D eigenvalue weighted by molar-refractivity contribution is 7.89. The molecule has 0 amide bonds. The molecule has 0 aliphatic carbocycles. The van der Waals surface area contributed by atoms with E-state index < -0.39 is 16.1 Å². The van der Waals surface area contributed by atoms with E-state index in [4.69, 9.17) is 0 Å². The van der Waals surface area contributed by atoms with Gasteiger partial charge in [0.2, 0.25) is 10.0 Å². The molecule has 3 aromatic rings. The third-order valence-electron chi connectivity index (χ3n) is 3.75. The molecule has 7 nitrogen and oxygen atoms in total. The minimum Gasteiger partial charge on any atom is -0.387 e. The van der Waals surface area contributed by atoms with Gasteiger partial charge in [0.25, 0.3) is 0 Å². The summed E-state index contributed by atoms with van der Waals surface area (Å²) in [7, 11) is -0.0916. The van der Waals surface area contributed by atoms with E-state index in [9.17, 15) is 13.5 Å². The van der Waals surface area contributed by atoms with E-state index in [1.165, 1.54) is 17.1 Å². The normalized spacial score (nSPS) is 13.5. The Morgan fingerprint density at radius 3 is 2.78 bits per heavy atom. The van der Waals surface area contributed by atoms with Crippen molar-refractivity contribution in [3.05, 3.63) is 48.4 Å². The number of fused-ring (bicyclic) bond motifs is 1. The van der Waals surface area contributed by atoms with Gasteiger partial charge in [0.15, 0.2) is 0 Å². The van der Waals surface area contributed by atoms with Crippen LogP contribution in [0.15, 0.2) is 47.8 Å². The molecule has 0 bridgehead atoms. The van der Waals surface area contributed by atoms with Crippen molar-refractivity contribution in [1.29, 1.82) is 0 Å². The van der Waals surface area contributed by atoms with Gasteiger partial charge in [-0.2, -0.15) is 5.10 Å². The monoisotopic (exact) mass is 334 g/mol. The molecule has 0 radical (unpaired) electrons. The number of nitrogens with zero attached hydrogens (tertiary/aromatic N) is 3. The first kappa shape index (κ1) is 15.7. The van der Waals surface area contributed by atoms with Crippen molar-refractivity contribution in [2.75, 3.05) is 6.54 Å². The Kier molecular flexibility index (Phi) is 3.97. The number of rotatable bonds is 5. The van der Waals surface area contributed by atoms with Crippen LogP contribution in [0.4, 0.5) is 0 Å². The molecule has 1 atom stereocenters. The average molecular weight is 334 g/mol. The summed E-state index contributed by atoms with van der Waals surface area (Å²) in [6, 6.07) is 7.51. The van der Waals surface area contributed by atoms with E-state index in [2.05, 4.69) is 9.82 Å². The fourth-order valence-electron chi connectivity index (χ4n) is 2.43. The van der Waals surface area contributed by atoms with Gasteiger partial charge in [-0.1, -0.05) is 6.07 Å². The number of aromatic nitrogens is 3. The second-order valence-corrected chi connectivity index (χ2v) is 7.23. The van der Waals surface area contributed by atoms with Crippen LogP contribution in [0.1, 0.15) is 11.7 Å². The molecule has 0 aliphatic rings. The van der Waals surface area contributed by atoms with Crippen LogP contribution in [0.2, 0.25) is 0 Å². The third kappa shape index (κ3) is 3.14. The van der Waals surface area contributed by atoms with Gasteiger partial charge in [-0.15, -0.1) is 0 Å². The number of hydrogen-bond acceptors (Lipinski definition) is 4. The lowest BCUT2D eigenvalue weighted by Gasteiger charge is -2.12. The van der Waals surface area contributed by atoms with Gasteiger partial charge >= 0.3 is 0 Å². The molecule has 23 heavy (non-hydrogen) atoms. The fraction of sp³-hybridized carbons (Fsp3) is 0.267. The first-order chi connectivity index (χ1) is 10.9. The van der Waals surface area contributed by atoms with Crippen LogP contribution < -0.4 is 4.72 Å². The number of sulfonamides is 1. The van der Waals surface area contributed by atoms with Crippen molar-refractivity contribution in [2.45, 2.75) is 11.0 Å². The molecule has 2 N–H and O–H groups in total. The number of hydrogen-bond donors (Lipinski definition) is 2. The number of aryl methyl sites for hydroxylation is 2. The summed E-state index contributed by atoms with van der Waals surface area (Å²) in [4.78, 5) is 0.0747. The Morgan fingerprint density at radius 1 is 1.30 bits per heavy atom. The Balaban J connectivity index is 1.74. The molecule has 0 fully saturated rings. The van der Waals surface area contributed by atoms with Gasteiger partial charge in [-0.3, -0.25) is 4.68 Å². The maximum Gasteiger partial charge on any atom is 0.243 e. The predicted molar refractivity (Wildman–Crippen MR) is 86.3 cm³/mol. The molecule has 0 saturated carbocycles. The highest BCUT2D eigenvalue weighted by Crippen LogP contribution is 2.21. The second kappa shape index (κ2) is 5.80. The van der Waals surface area contributed by atoms with E-state index in [0.717, 1.165) is 10.9 Å². The summed E-state index contributed by atoms with van der Waals surface area (Å²) in [6.45, 7) is -0.102. The number of aliphatic hydroxyl groups excluding tert-OH is 1. The smallest absolute Gasteiger partial charge is 0.243 e. The topological polar surface area (TPSA) is 89.1 Å². The highest BCUT2D eigenvalue weighted by Gasteiger charge is 2.18. The molecule has 0 saturated heterocycles. The van der Waals surface area contributed by atoms with Gasteiger partial charge < -0.3 is 9.67 Å². The van der Waals surface area contributed by atoms with Gasteiger partial charge in [-0.05, 0) is 29.1 Å². The molecule has 122 valence electrons. The quantitative estimate of drug-likeness (QED) is 0.726. The van der Waals surface area contributed by atoms with Crippen molar-refractivity contribution in [1.82, 2.24) is 19.1 Å². The zero-order valence-electron chi connectivity index (χ0n) is 12.8. The molecule has 2 heterocycles. The van der Waals surface area contributed by atoms with Gasteiger partial charge in [0.05, 0.1) is 12.3 Å². The summed E-state index contributed by atoms with van der Waals surface area (Å²) >= 11 is 0. The van der Waals surface area contributed by atoms with Gasteiger partial charge in [0.1, 0.15) is 4.90 Å². The Bertz CT molecular complexity index is 943. The summed E-state index contributed by atoms with van der Waals surface area (Å²) < 4.78 is 30.0. The molecule has 0 aliphatic heterocycles. The van der Waals surface area contributed by atoms with E-state index in [0.29, 0.717) is 5.56 Å². The molecule has 2 aromatic heterocycles. The zero-order chi connectivity index (χ0) is 16.6. The van der Waals surface area contributed by atoms with Crippen LogP contribution in [-0.4, -0.2) is 34.4 Å². The molecule has 8 heteroatoms. The van der Waals surface area contributed by atoms with E-state index in [1.54, 1.807) is 13.1 Å². The average Bonchev–Trinajstić information content (AvgIpc) is 3.12. The van der Waals surface area contributed by atoms with Crippen molar-refractivity contribution in [3.8, 4) is 0 Å². The predicted octanol–water partition coefficient (Wildman–Crippen LogP) is 0.924. The van der Waals surface area contributed by atoms with Gasteiger partial charge in [0, 0.05) is 38.6 Å². The minimum atomic E-state index is -3.68. The largest absolute Gasteiger partial charge is 0.387 e. The van der Waals surface area contributed by atoms with Crippen LogP contribution in [0.3, 0.4) is 0 Å². The van der Waals surface area contributed by atoms with Crippen molar-refractivity contribution < 1.29 is 13.5 Å². The van der Waals surface area contributed by atoms with Crippen LogP contribution in [0.25, 0.3) is 10.9 Å². The van der Waals surface area contributed by atoms with Crippen LogP contribution in [0.5, 0.6) is 0 Å². The summed E-state index contributed by atoms with van der Waals surface area (Å²) in [5, 5.41) is 15.1. The molecule has 0 unspecified atom stereocenters. The standard InChI is InChI=1S/C15H18N4O3S/c1-18-6-5-11-7-12(3-4-14(11)18)15(20)9-17-23(21,22)13-8-16-19(2)10-13/h3-8,10,15,17,20H,9H2,1-2H3/t15-/m1/s1. The fourth-order valence-corrected chi connectivity index (χ4v) is 3.46. The minimum absolute atomic E-state index is 0.0747. The highest BCUT2D eigenvalue weighted by atomic mass is 32.2. The number of benzene rings is 1. The lowest BCUT2D eigenvalue weighted by atomic mass is 10.1. The van der Waals surface area contributed by atoms with E-state index in [-0.39, 0.29) is 11.4 Å². The molecule has 0 spiro atoms. The molecule has 1 aromatic carbocycles. The molecular formula is C15H18N4O3S. The summed E-state index contributed by atoms with van der Waals surface area (Å²) in [5.41, 5.74) is 1.72. The maximum absolute atomic E-state index is 12.1. The van der Waals surface area contributed by atoms with Crippen molar-refractivity contribution in [3.63, 3.8) is 0 Å². The lowest BCUT2D eigenvalue weighted by Crippen LogP contribution is -2.28. The molecular weight excluding hydrogens is 316 g/mol. The summed E-state index contributed by atoms with van der Waals surface area (Å²) in [6.07, 6.45) is 3.69. The third-order valence-corrected chi connectivity index (χ3v) is 5.13. The first-order valence-electron chi connectivity index (χ1n) is 7.08.